The maximum absolute atomic E-state index is 14.6. The molecule has 0 saturated heterocycles. The summed E-state index contributed by atoms with van der Waals surface area (Å²) in [4.78, 5) is 30.0. The lowest BCUT2D eigenvalue weighted by molar-refractivity contribution is -0.140. The van der Waals surface area contributed by atoms with Gasteiger partial charge in [-0.1, -0.05) is 66.7 Å². The second kappa shape index (κ2) is 15.4. The van der Waals surface area contributed by atoms with Crippen molar-refractivity contribution < 1.29 is 27.5 Å². The first-order valence-corrected chi connectivity index (χ1v) is 16.5. The van der Waals surface area contributed by atoms with Crippen LogP contribution in [0.3, 0.4) is 0 Å². The monoisotopic (exact) mass is 643 g/mol. The number of aryl methyl sites for hydroxylation is 1. The first-order chi connectivity index (χ1) is 22.0. The van der Waals surface area contributed by atoms with Crippen LogP contribution in [0.15, 0.2) is 108 Å². The quantitative estimate of drug-likeness (QED) is 0.198. The van der Waals surface area contributed by atoms with Crippen molar-refractivity contribution in [2.24, 2.45) is 0 Å². The highest BCUT2D eigenvalue weighted by Crippen LogP contribution is 2.34. The van der Waals surface area contributed by atoms with E-state index >= 15 is 0 Å². The Morgan fingerprint density at radius 2 is 1.46 bits per heavy atom. The Balaban J connectivity index is 1.86. The van der Waals surface area contributed by atoms with E-state index in [1.807, 2.05) is 57.2 Å². The number of benzene rings is 4. The van der Waals surface area contributed by atoms with Crippen LogP contribution in [0, 0.1) is 6.92 Å². The van der Waals surface area contributed by atoms with E-state index in [-0.39, 0.29) is 41.2 Å². The number of sulfonamides is 1. The van der Waals surface area contributed by atoms with Crippen molar-refractivity contribution in [2.75, 3.05) is 25.1 Å². The second-order valence-electron chi connectivity index (χ2n) is 11.2. The average Bonchev–Trinajstić information content (AvgIpc) is 3.05. The van der Waals surface area contributed by atoms with E-state index in [2.05, 4.69) is 5.32 Å². The zero-order chi connectivity index (χ0) is 33.3. The molecular weight excluding hydrogens is 602 g/mol. The molecule has 0 aliphatic carbocycles. The Morgan fingerprint density at radius 1 is 0.804 bits per heavy atom. The van der Waals surface area contributed by atoms with Crippen LogP contribution in [0.25, 0.3) is 0 Å². The van der Waals surface area contributed by atoms with E-state index in [1.54, 1.807) is 61.7 Å². The van der Waals surface area contributed by atoms with Gasteiger partial charge in [0.2, 0.25) is 11.8 Å². The number of methoxy groups -OCH3 is 2. The van der Waals surface area contributed by atoms with Crippen molar-refractivity contribution >= 4 is 27.5 Å². The number of amides is 2. The van der Waals surface area contributed by atoms with Gasteiger partial charge in [0.05, 0.1) is 24.8 Å². The topological polar surface area (TPSA) is 105 Å². The standard InChI is InChI=1S/C36H41N3O6S/c1-26(2)37-36(41)33(23-28-13-8-6-9-14-28)38(24-29-15-12-16-30(22-29)44-4)35(40)25-39(32-21-27(3)19-20-34(32)45-5)46(42,43)31-17-10-7-11-18-31/h6-22,26,33H,23-25H2,1-5H3,(H,37,41)/t33-/m0/s1. The molecule has 0 spiro atoms. The molecule has 1 atom stereocenters. The maximum atomic E-state index is 14.6. The first kappa shape index (κ1) is 34.1. The van der Waals surface area contributed by atoms with Gasteiger partial charge in [-0.3, -0.25) is 13.9 Å². The van der Waals surface area contributed by atoms with Crippen LogP contribution in [0.4, 0.5) is 5.69 Å². The molecule has 1 N–H and O–H groups in total. The number of ether oxygens (including phenoxy) is 2. The number of nitrogens with one attached hydrogen (secondary N) is 1. The van der Waals surface area contributed by atoms with Crippen LogP contribution in [-0.4, -0.2) is 58.0 Å². The molecule has 0 fully saturated rings. The summed E-state index contributed by atoms with van der Waals surface area (Å²) in [6.07, 6.45) is 0.217. The van der Waals surface area contributed by atoms with Crippen molar-refractivity contribution in [2.45, 2.75) is 50.7 Å². The Kier molecular flexibility index (Phi) is 11.4. The van der Waals surface area contributed by atoms with Crippen molar-refractivity contribution in [3.05, 3.63) is 120 Å². The van der Waals surface area contributed by atoms with Crippen LogP contribution < -0.4 is 19.1 Å². The largest absolute Gasteiger partial charge is 0.497 e. The summed E-state index contributed by atoms with van der Waals surface area (Å²) in [7, 11) is -1.25. The SMILES string of the molecule is COc1cccc(CN(C(=O)CN(c2cc(C)ccc2OC)S(=O)(=O)c2ccccc2)[C@@H](Cc2ccccc2)C(=O)NC(C)C)c1. The van der Waals surface area contributed by atoms with Gasteiger partial charge in [0.15, 0.2) is 0 Å². The van der Waals surface area contributed by atoms with Crippen LogP contribution in [0.2, 0.25) is 0 Å². The zero-order valence-corrected chi connectivity index (χ0v) is 27.7. The third-order valence-corrected chi connectivity index (χ3v) is 9.18. The number of nitrogens with zero attached hydrogens (tertiary/aromatic N) is 2. The predicted octanol–water partition coefficient (Wildman–Crippen LogP) is 5.37. The van der Waals surface area contributed by atoms with E-state index in [0.29, 0.717) is 11.3 Å². The Morgan fingerprint density at radius 3 is 2.09 bits per heavy atom. The molecule has 0 saturated carbocycles. The smallest absolute Gasteiger partial charge is 0.264 e. The molecule has 0 unspecified atom stereocenters. The highest BCUT2D eigenvalue weighted by atomic mass is 32.2. The van der Waals surface area contributed by atoms with Gasteiger partial charge in [-0.15, -0.1) is 0 Å². The number of hydrogen-bond donors (Lipinski definition) is 1. The lowest BCUT2D eigenvalue weighted by atomic mass is 10.0. The minimum atomic E-state index is -4.25. The molecule has 2 amide bonds. The predicted molar refractivity (Wildman–Crippen MR) is 179 cm³/mol. The number of rotatable bonds is 14. The molecule has 9 nitrogen and oxygen atoms in total. The van der Waals surface area contributed by atoms with Gasteiger partial charge in [0.25, 0.3) is 10.0 Å². The molecule has 4 rings (SSSR count). The fourth-order valence-corrected chi connectivity index (χ4v) is 6.57. The molecule has 242 valence electrons. The van der Waals surface area contributed by atoms with E-state index in [1.165, 1.54) is 24.1 Å². The third-order valence-electron chi connectivity index (χ3n) is 7.40. The van der Waals surface area contributed by atoms with E-state index < -0.39 is 28.5 Å². The van der Waals surface area contributed by atoms with Gasteiger partial charge in [-0.25, -0.2) is 8.42 Å². The second-order valence-corrected chi connectivity index (χ2v) is 13.1. The lowest BCUT2D eigenvalue weighted by Crippen LogP contribution is -2.54. The molecular formula is C36H41N3O6S. The minimum absolute atomic E-state index is 0.0177. The van der Waals surface area contributed by atoms with Crippen LogP contribution in [-0.2, 0) is 32.6 Å². The summed E-state index contributed by atoms with van der Waals surface area (Å²) in [5, 5.41) is 2.96. The molecule has 0 radical (unpaired) electrons. The Bertz CT molecular complexity index is 1730. The van der Waals surface area contributed by atoms with E-state index in [0.717, 1.165) is 15.4 Å². The number of anilines is 1. The van der Waals surface area contributed by atoms with Gasteiger partial charge >= 0.3 is 0 Å². The van der Waals surface area contributed by atoms with Gasteiger partial charge in [-0.2, -0.15) is 0 Å². The molecule has 0 aliphatic rings. The fourth-order valence-electron chi connectivity index (χ4n) is 5.13. The summed E-state index contributed by atoms with van der Waals surface area (Å²) in [6, 6.07) is 28.6. The molecule has 0 aliphatic heterocycles. The van der Waals surface area contributed by atoms with Crippen molar-refractivity contribution in [3.63, 3.8) is 0 Å². The van der Waals surface area contributed by atoms with Crippen molar-refractivity contribution in [3.8, 4) is 11.5 Å². The van der Waals surface area contributed by atoms with Gasteiger partial charge in [0, 0.05) is 19.0 Å². The summed E-state index contributed by atoms with van der Waals surface area (Å²) in [5.41, 5.74) is 2.56. The van der Waals surface area contributed by atoms with Crippen LogP contribution in [0.1, 0.15) is 30.5 Å². The summed E-state index contributed by atoms with van der Waals surface area (Å²) in [6.45, 7) is 4.98. The average molecular weight is 644 g/mol. The fraction of sp³-hybridized carbons (Fsp3) is 0.278. The van der Waals surface area contributed by atoms with Crippen LogP contribution >= 0.6 is 0 Å². The molecule has 0 heterocycles. The molecule has 4 aromatic carbocycles. The number of carbonyl (C=O) groups is 2. The highest BCUT2D eigenvalue weighted by Gasteiger charge is 2.35. The summed E-state index contributed by atoms with van der Waals surface area (Å²) in [5.74, 6) is -0.0315. The molecule has 4 aromatic rings. The van der Waals surface area contributed by atoms with E-state index in [9.17, 15) is 18.0 Å². The summed E-state index contributed by atoms with van der Waals surface area (Å²) >= 11 is 0. The summed E-state index contributed by atoms with van der Waals surface area (Å²) < 4.78 is 40.6. The Hall–Kier alpha value is -4.83. The normalized spacial score (nSPS) is 11.9. The minimum Gasteiger partial charge on any atom is -0.497 e. The molecule has 0 aromatic heterocycles. The molecule has 0 bridgehead atoms. The van der Waals surface area contributed by atoms with Gasteiger partial charge in [0.1, 0.15) is 24.1 Å². The third kappa shape index (κ3) is 8.45. The van der Waals surface area contributed by atoms with Gasteiger partial charge in [-0.05, 0) is 73.9 Å². The highest BCUT2D eigenvalue weighted by molar-refractivity contribution is 7.92. The van der Waals surface area contributed by atoms with Crippen LogP contribution in [0.5, 0.6) is 11.5 Å². The lowest BCUT2D eigenvalue weighted by Gasteiger charge is -2.34. The number of carbonyl (C=O) groups excluding carboxylic acids is 2. The van der Waals surface area contributed by atoms with E-state index in [4.69, 9.17) is 9.47 Å². The number of hydrogen-bond acceptors (Lipinski definition) is 6. The molecule has 46 heavy (non-hydrogen) atoms. The maximum Gasteiger partial charge on any atom is 0.264 e. The molecule has 10 heteroatoms. The van der Waals surface area contributed by atoms with Crippen molar-refractivity contribution in [1.82, 2.24) is 10.2 Å². The van der Waals surface area contributed by atoms with Crippen molar-refractivity contribution in [1.29, 1.82) is 0 Å². The first-order valence-electron chi connectivity index (χ1n) is 15.0. The van der Waals surface area contributed by atoms with Gasteiger partial charge < -0.3 is 19.7 Å². The zero-order valence-electron chi connectivity index (χ0n) is 26.8. The Labute approximate surface area is 271 Å².